The average molecular weight is 348 g/mol. The highest BCUT2D eigenvalue weighted by Crippen LogP contribution is 2.27. The fourth-order valence-electron chi connectivity index (χ4n) is 2.96. The van der Waals surface area contributed by atoms with Gasteiger partial charge in [-0.3, -0.25) is 19.3 Å². The van der Waals surface area contributed by atoms with E-state index in [9.17, 15) is 19.2 Å². The van der Waals surface area contributed by atoms with Crippen molar-refractivity contribution in [2.75, 3.05) is 11.6 Å². The Bertz CT molecular complexity index is 700. The Morgan fingerprint density at radius 1 is 1.25 bits per heavy atom. The summed E-state index contributed by atoms with van der Waals surface area (Å²) in [5.74, 6) is -1.58. The first-order valence-electron chi connectivity index (χ1n) is 7.48. The van der Waals surface area contributed by atoms with Crippen molar-refractivity contribution >= 4 is 35.5 Å². The molecule has 8 heteroatoms. The van der Waals surface area contributed by atoms with Gasteiger partial charge in [-0.25, -0.2) is 4.79 Å². The number of fused-ring (bicyclic) bond motifs is 1. The number of carboxylic acids is 1. The van der Waals surface area contributed by atoms with Crippen molar-refractivity contribution in [2.24, 2.45) is 0 Å². The van der Waals surface area contributed by atoms with E-state index >= 15 is 0 Å². The molecule has 1 aromatic carbocycles. The molecule has 1 N–H and O–H groups in total. The van der Waals surface area contributed by atoms with Crippen LogP contribution in [0.5, 0.6) is 0 Å². The molecule has 24 heavy (non-hydrogen) atoms. The highest BCUT2D eigenvalue weighted by atomic mass is 32.2. The number of amides is 3. The van der Waals surface area contributed by atoms with Gasteiger partial charge in [0.2, 0.25) is 5.91 Å². The number of hydrogen-bond acceptors (Lipinski definition) is 5. The minimum Gasteiger partial charge on any atom is -0.480 e. The summed E-state index contributed by atoms with van der Waals surface area (Å²) < 4.78 is 0. The van der Waals surface area contributed by atoms with Crippen molar-refractivity contribution in [2.45, 2.75) is 25.4 Å². The van der Waals surface area contributed by atoms with Gasteiger partial charge in [0.25, 0.3) is 11.8 Å². The lowest BCUT2D eigenvalue weighted by atomic mass is 10.1. The van der Waals surface area contributed by atoms with Crippen molar-refractivity contribution in [3.05, 3.63) is 35.4 Å². The van der Waals surface area contributed by atoms with Crippen LogP contribution < -0.4 is 0 Å². The number of rotatable bonds is 4. The Labute approximate surface area is 142 Å². The Balaban J connectivity index is 1.73. The third-order valence-electron chi connectivity index (χ3n) is 4.22. The van der Waals surface area contributed by atoms with Gasteiger partial charge in [0.1, 0.15) is 6.04 Å². The van der Waals surface area contributed by atoms with E-state index in [2.05, 4.69) is 0 Å². The molecule has 3 amide bonds. The summed E-state index contributed by atoms with van der Waals surface area (Å²) in [4.78, 5) is 50.8. The SMILES string of the molecule is CC(CC(=O)N1CSC[C@@H]1C(=O)O)N1C(=O)c2ccccc2C1=O. The second-order valence-electron chi connectivity index (χ2n) is 5.80. The first-order valence-corrected chi connectivity index (χ1v) is 8.64. The quantitative estimate of drug-likeness (QED) is 0.817. The average Bonchev–Trinajstić information content (AvgIpc) is 3.12. The van der Waals surface area contributed by atoms with E-state index < -0.39 is 29.9 Å². The maximum absolute atomic E-state index is 12.4. The van der Waals surface area contributed by atoms with Gasteiger partial charge in [-0.05, 0) is 19.1 Å². The smallest absolute Gasteiger partial charge is 0.327 e. The second-order valence-corrected chi connectivity index (χ2v) is 6.80. The number of benzene rings is 1. The lowest BCUT2D eigenvalue weighted by molar-refractivity contribution is -0.148. The Hall–Kier alpha value is -2.35. The number of thioether (sulfide) groups is 1. The van der Waals surface area contributed by atoms with Gasteiger partial charge < -0.3 is 10.0 Å². The highest BCUT2D eigenvalue weighted by molar-refractivity contribution is 7.99. The Morgan fingerprint density at radius 2 is 1.83 bits per heavy atom. The maximum atomic E-state index is 12.4. The molecule has 0 aliphatic carbocycles. The molecule has 2 atom stereocenters. The maximum Gasteiger partial charge on any atom is 0.327 e. The molecule has 0 bridgehead atoms. The third kappa shape index (κ3) is 2.66. The summed E-state index contributed by atoms with van der Waals surface area (Å²) in [6.07, 6.45) is -0.0875. The van der Waals surface area contributed by atoms with E-state index in [1.54, 1.807) is 31.2 Å². The van der Waals surface area contributed by atoms with Crippen molar-refractivity contribution in [1.29, 1.82) is 0 Å². The number of carboxylic acid groups (broad SMARTS) is 1. The zero-order chi connectivity index (χ0) is 17.4. The third-order valence-corrected chi connectivity index (χ3v) is 5.24. The standard InChI is InChI=1S/C16H16N2O5S/c1-9(6-13(19)17-8-24-7-12(17)16(22)23)18-14(20)10-4-2-3-5-11(10)15(18)21/h2-5,9,12H,6-8H2,1H3,(H,22,23)/t9?,12-/m1/s1. The molecule has 7 nitrogen and oxygen atoms in total. The fraction of sp³-hybridized carbons (Fsp3) is 0.375. The highest BCUT2D eigenvalue weighted by Gasteiger charge is 2.40. The first-order chi connectivity index (χ1) is 11.4. The minimum atomic E-state index is -1.04. The Kier molecular flexibility index (Phi) is 4.31. The van der Waals surface area contributed by atoms with Gasteiger partial charge in [-0.1, -0.05) is 12.1 Å². The zero-order valence-electron chi connectivity index (χ0n) is 13.0. The van der Waals surface area contributed by atoms with E-state index in [0.717, 1.165) is 4.90 Å². The lowest BCUT2D eigenvalue weighted by Gasteiger charge is -2.26. The van der Waals surface area contributed by atoms with Crippen LogP contribution in [-0.2, 0) is 9.59 Å². The van der Waals surface area contributed by atoms with Crippen LogP contribution in [0, 0.1) is 0 Å². The molecule has 2 heterocycles. The van der Waals surface area contributed by atoms with E-state index in [1.807, 2.05) is 0 Å². The van der Waals surface area contributed by atoms with Crippen LogP contribution in [0.2, 0.25) is 0 Å². The van der Waals surface area contributed by atoms with Crippen molar-refractivity contribution in [3.8, 4) is 0 Å². The molecule has 1 unspecified atom stereocenters. The van der Waals surface area contributed by atoms with Gasteiger partial charge in [0, 0.05) is 18.2 Å². The molecular weight excluding hydrogens is 332 g/mol. The van der Waals surface area contributed by atoms with Gasteiger partial charge >= 0.3 is 5.97 Å². The van der Waals surface area contributed by atoms with Crippen molar-refractivity contribution in [3.63, 3.8) is 0 Å². The molecule has 0 radical (unpaired) electrons. The molecule has 1 fully saturated rings. The topological polar surface area (TPSA) is 95.0 Å². The largest absolute Gasteiger partial charge is 0.480 e. The molecule has 1 aromatic rings. The molecule has 126 valence electrons. The summed E-state index contributed by atoms with van der Waals surface area (Å²) in [6, 6.07) is 5.05. The molecule has 0 spiro atoms. The lowest BCUT2D eigenvalue weighted by Crippen LogP contribution is -2.46. The summed E-state index contributed by atoms with van der Waals surface area (Å²) in [7, 11) is 0. The van der Waals surface area contributed by atoms with E-state index in [0.29, 0.717) is 22.8 Å². The number of imide groups is 1. The second kappa shape index (κ2) is 6.27. The fourth-order valence-corrected chi connectivity index (χ4v) is 4.13. The van der Waals surface area contributed by atoms with E-state index in [1.165, 1.54) is 16.7 Å². The molecule has 0 aromatic heterocycles. The number of hydrogen-bond donors (Lipinski definition) is 1. The van der Waals surface area contributed by atoms with Crippen LogP contribution in [0.25, 0.3) is 0 Å². The number of nitrogens with zero attached hydrogens (tertiary/aromatic N) is 2. The predicted molar refractivity (Wildman–Crippen MR) is 86.6 cm³/mol. The van der Waals surface area contributed by atoms with Gasteiger partial charge in [-0.2, -0.15) is 0 Å². The van der Waals surface area contributed by atoms with Gasteiger partial charge in [0.15, 0.2) is 0 Å². The monoisotopic (exact) mass is 348 g/mol. The molecule has 2 aliphatic heterocycles. The van der Waals surface area contributed by atoms with Crippen LogP contribution >= 0.6 is 11.8 Å². The van der Waals surface area contributed by atoms with Crippen LogP contribution in [-0.4, -0.2) is 62.3 Å². The zero-order valence-corrected chi connectivity index (χ0v) is 13.8. The summed E-state index contributed by atoms with van der Waals surface area (Å²) in [6.45, 7) is 1.62. The number of carbonyl (C=O) groups is 4. The molecule has 0 saturated carbocycles. The molecule has 1 saturated heterocycles. The number of aliphatic carboxylic acids is 1. The van der Waals surface area contributed by atoms with E-state index in [4.69, 9.17) is 5.11 Å². The summed E-state index contributed by atoms with van der Waals surface area (Å²) >= 11 is 1.37. The first kappa shape index (κ1) is 16.5. The van der Waals surface area contributed by atoms with Crippen LogP contribution in [0.3, 0.4) is 0 Å². The van der Waals surface area contributed by atoms with Crippen molar-refractivity contribution < 1.29 is 24.3 Å². The summed E-state index contributed by atoms with van der Waals surface area (Å²) in [5.41, 5.74) is 0.670. The molecular formula is C16H16N2O5S. The molecule has 3 rings (SSSR count). The van der Waals surface area contributed by atoms with E-state index in [-0.39, 0.29) is 12.3 Å². The molecule has 2 aliphatic rings. The van der Waals surface area contributed by atoms with Crippen LogP contribution in [0.15, 0.2) is 24.3 Å². The number of carbonyl (C=O) groups excluding carboxylic acids is 3. The van der Waals surface area contributed by atoms with Crippen LogP contribution in [0.4, 0.5) is 0 Å². The van der Waals surface area contributed by atoms with Gasteiger partial charge in [-0.15, -0.1) is 11.8 Å². The summed E-state index contributed by atoms with van der Waals surface area (Å²) in [5, 5.41) is 9.15. The van der Waals surface area contributed by atoms with Gasteiger partial charge in [0.05, 0.1) is 17.0 Å². The Morgan fingerprint density at radius 3 is 2.38 bits per heavy atom. The van der Waals surface area contributed by atoms with Crippen LogP contribution in [0.1, 0.15) is 34.1 Å². The normalized spacial score (nSPS) is 21.1. The minimum absolute atomic E-state index is 0.0875. The van der Waals surface area contributed by atoms with Crippen molar-refractivity contribution in [1.82, 2.24) is 9.80 Å². The predicted octanol–water partition coefficient (Wildman–Crippen LogP) is 1.05.